The van der Waals surface area contributed by atoms with Crippen LogP contribution in [-0.4, -0.2) is 25.6 Å². The van der Waals surface area contributed by atoms with E-state index in [1.807, 2.05) is 25.3 Å². The van der Waals surface area contributed by atoms with Crippen molar-refractivity contribution >= 4 is 16.9 Å². The first-order valence-corrected chi connectivity index (χ1v) is 11.4. The number of aromatic amines is 1. The summed E-state index contributed by atoms with van der Waals surface area (Å²) in [7, 11) is 0. The highest BCUT2D eigenvalue weighted by atomic mass is 16.1. The van der Waals surface area contributed by atoms with E-state index in [0.717, 1.165) is 53.7 Å². The quantitative estimate of drug-likeness (QED) is 0.367. The molecule has 0 saturated carbocycles. The standard InChI is InChI=1S/C26H31N5O/c1-4-6-22(7-5-2)29-26-27-12-10-23(30-26)21-11-13-31(25(32)16-21)17-19-8-9-20-14-18(3)28-24(20)15-19/h8-16,22,28H,4-7,17H2,1-3H3,(H,27,29,30). The van der Waals surface area contributed by atoms with Crippen LogP contribution in [0.4, 0.5) is 5.95 Å². The zero-order valence-corrected chi connectivity index (χ0v) is 19.1. The lowest BCUT2D eigenvalue weighted by molar-refractivity contribution is 0.582. The number of pyridine rings is 1. The van der Waals surface area contributed by atoms with E-state index in [-0.39, 0.29) is 5.56 Å². The molecule has 6 nitrogen and oxygen atoms in total. The summed E-state index contributed by atoms with van der Waals surface area (Å²) >= 11 is 0. The summed E-state index contributed by atoms with van der Waals surface area (Å²) in [6.07, 6.45) is 8.00. The summed E-state index contributed by atoms with van der Waals surface area (Å²) in [5.74, 6) is 0.619. The number of hydrogen-bond acceptors (Lipinski definition) is 4. The van der Waals surface area contributed by atoms with Gasteiger partial charge in [-0.15, -0.1) is 0 Å². The normalized spacial score (nSPS) is 11.4. The molecule has 0 bridgehead atoms. The third-order valence-electron chi connectivity index (χ3n) is 5.73. The van der Waals surface area contributed by atoms with E-state index in [4.69, 9.17) is 0 Å². The second kappa shape index (κ2) is 9.81. The van der Waals surface area contributed by atoms with Crippen molar-refractivity contribution < 1.29 is 0 Å². The number of rotatable bonds is 9. The molecule has 0 saturated heterocycles. The van der Waals surface area contributed by atoms with E-state index < -0.39 is 0 Å². The summed E-state index contributed by atoms with van der Waals surface area (Å²) < 4.78 is 1.72. The van der Waals surface area contributed by atoms with Crippen LogP contribution in [0, 0.1) is 6.92 Å². The van der Waals surface area contributed by atoms with Crippen LogP contribution < -0.4 is 10.9 Å². The molecule has 0 unspecified atom stereocenters. The van der Waals surface area contributed by atoms with Gasteiger partial charge in [0, 0.05) is 41.3 Å². The maximum atomic E-state index is 12.8. The third kappa shape index (κ3) is 5.07. The van der Waals surface area contributed by atoms with Crippen LogP contribution in [0.1, 0.15) is 50.8 Å². The minimum atomic E-state index is -0.0479. The Morgan fingerprint density at radius 2 is 1.88 bits per heavy atom. The Morgan fingerprint density at radius 3 is 2.62 bits per heavy atom. The third-order valence-corrected chi connectivity index (χ3v) is 5.73. The maximum absolute atomic E-state index is 12.8. The Balaban J connectivity index is 1.53. The van der Waals surface area contributed by atoms with Gasteiger partial charge in [0.05, 0.1) is 12.2 Å². The first-order valence-electron chi connectivity index (χ1n) is 11.4. The van der Waals surface area contributed by atoms with E-state index in [0.29, 0.717) is 18.5 Å². The second-order valence-corrected chi connectivity index (χ2v) is 8.44. The molecule has 0 atom stereocenters. The Kier molecular flexibility index (Phi) is 6.69. The Hall–Kier alpha value is -3.41. The monoisotopic (exact) mass is 429 g/mol. The number of aryl methyl sites for hydroxylation is 1. The lowest BCUT2D eigenvalue weighted by atomic mass is 10.1. The molecule has 32 heavy (non-hydrogen) atoms. The van der Waals surface area contributed by atoms with Gasteiger partial charge >= 0.3 is 0 Å². The predicted octanol–water partition coefficient (Wildman–Crippen LogP) is 5.52. The number of nitrogens with one attached hydrogen (secondary N) is 2. The molecule has 0 fully saturated rings. The van der Waals surface area contributed by atoms with Gasteiger partial charge in [-0.05, 0) is 55.0 Å². The van der Waals surface area contributed by atoms with Crippen LogP contribution in [0.2, 0.25) is 0 Å². The van der Waals surface area contributed by atoms with Gasteiger partial charge in [0.1, 0.15) is 0 Å². The highest BCUT2D eigenvalue weighted by Gasteiger charge is 2.10. The van der Waals surface area contributed by atoms with Crippen molar-refractivity contribution in [1.29, 1.82) is 0 Å². The summed E-state index contributed by atoms with van der Waals surface area (Å²) in [5, 5.41) is 4.64. The molecule has 0 radical (unpaired) electrons. The molecule has 1 aromatic carbocycles. The predicted molar refractivity (Wildman–Crippen MR) is 131 cm³/mol. The first kappa shape index (κ1) is 21.8. The maximum Gasteiger partial charge on any atom is 0.251 e. The summed E-state index contributed by atoms with van der Waals surface area (Å²) in [5.41, 5.74) is 4.81. The van der Waals surface area contributed by atoms with Crippen molar-refractivity contribution in [2.75, 3.05) is 5.32 Å². The number of aromatic nitrogens is 4. The van der Waals surface area contributed by atoms with E-state index in [1.165, 1.54) is 5.39 Å². The SMILES string of the molecule is CCCC(CCC)Nc1nccc(-c2ccn(Cc3ccc4cc(C)[nH]c4c3)c(=O)c2)n1. The van der Waals surface area contributed by atoms with Crippen molar-refractivity contribution in [1.82, 2.24) is 19.5 Å². The Labute approximate surface area is 188 Å². The number of hydrogen-bond donors (Lipinski definition) is 2. The molecular weight excluding hydrogens is 398 g/mol. The molecule has 0 amide bonds. The van der Waals surface area contributed by atoms with Crippen molar-refractivity contribution in [3.63, 3.8) is 0 Å². The zero-order valence-electron chi connectivity index (χ0n) is 19.1. The second-order valence-electron chi connectivity index (χ2n) is 8.44. The molecule has 0 aliphatic heterocycles. The Bertz CT molecular complexity index is 1250. The summed E-state index contributed by atoms with van der Waals surface area (Å²) in [4.78, 5) is 25.2. The van der Waals surface area contributed by atoms with Gasteiger partial charge in [0.15, 0.2) is 0 Å². The van der Waals surface area contributed by atoms with Gasteiger partial charge in [-0.2, -0.15) is 0 Å². The Morgan fingerprint density at radius 1 is 1.06 bits per heavy atom. The lowest BCUT2D eigenvalue weighted by Crippen LogP contribution is -2.21. The van der Waals surface area contributed by atoms with Gasteiger partial charge < -0.3 is 14.9 Å². The minimum absolute atomic E-state index is 0.0479. The van der Waals surface area contributed by atoms with Crippen molar-refractivity contribution in [3.05, 3.63) is 76.5 Å². The lowest BCUT2D eigenvalue weighted by Gasteiger charge is -2.17. The van der Waals surface area contributed by atoms with Gasteiger partial charge in [-0.25, -0.2) is 9.97 Å². The summed E-state index contributed by atoms with van der Waals surface area (Å²) in [6.45, 7) is 6.95. The van der Waals surface area contributed by atoms with E-state index in [1.54, 1.807) is 16.8 Å². The van der Waals surface area contributed by atoms with Gasteiger partial charge in [-0.1, -0.05) is 38.8 Å². The molecule has 0 aliphatic carbocycles. The minimum Gasteiger partial charge on any atom is -0.359 e. The van der Waals surface area contributed by atoms with Crippen LogP contribution in [0.25, 0.3) is 22.2 Å². The fourth-order valence-corrected chi connectivity index (χ4v) is 4.17. The summed E-state index contributed by atoms with van der Waals surface area (Å²) in [6, 6.07) is 14.2. The van der Waals surface area contributed by atoms with Crippen LogP contribution in [0.3, 0.4) is 0 Å². The smallest absolute Gasteiger partial charge is 0.251 e. The molecule has 6 heteroatoms. The van der Waals surface area contributed by atoms with E-state index in [2.05, 4.69) is 58.4 Å². The van der Waals surface area contributed by atoms with Crippen molar-refractivity contribution in [2.45, 2.75) is 59.0 Å². The topological polar surface area (TPSA) is 75.6 Å². The molecule has 0 spiro atoms. The van der Waals surface area contributed by atoms with Gasteiger partial charge in [0.2, 0.25) is 5.95 Å². The highest BCUT2D eigenvalue weighted by molar-refractivity contribution is 5.81. The van der Waals surface area contributed by atoms with Crippen LogP contribution in [-0.2, 0) is 6.54 Å². The van der Waals surface area contributed by atoms with Gasteiger partial charge in [0.25, 0.3) is 5.56 Å². The molecule has 4 rings (SSSR count). The number of benzene rings is 1. The fraction of sp³-hybridized carbons (Fsp3) is 0.346. The zero-order chi connectivity index (χ0) is 22.5. The molecule has 4 aromatic rings. The first-order chi connectivity index (χ1) is 15.6. The van der Waals surface area contributed by atoms with Crippen molar-refractivity contribution in [2.24, 2.45) is 0 Å². The average Bonchev–Trinajstić information content (AvgIpc) is 3.15. The van der Waals surface area contributed by atoms with Crippen LogP contribution >= 0.6 is 0 Å². The average molecular weight is 430 g/mol. The molecule has 3 aromatic heterocycles. The van der Waals surface area contributed by atoms with Crippen LogP contribution in [0.5, 0.6) is 0 Å². The van der Waals surface area contributed by atoms with Crippen molar-refractivity contribution in [3.8, 4) is 11.3 Å². The van der Waals surface area contributed by atoms with Gasteiger partial charge in [-0.3, -0.25) is 4.79 Å². The molecule has 3 heterocycles. The highest BCUT2D eigenvalue weighted by Crippen LogP contribution is 2.19. The largest absolute Gasteiger partial charge is 0.359 e. The molecule has 2 N–H and O–H groups in total. The number of H-pyrrole nitrogens is 1. The number of nitrogens with zero attached hydrogens (tertiary/aromatic N) is 3. The number of fused-ring (bicyclic) bond motifs is 1. The van der Waals surface area contributed by atoms with E-state index >= 15 is 0 Å². The van der Waals surface area contributed by atoms with E-state index in [9.17, 15) is 4.79 Å². The fourth-order valence-electron chi connectivity index (χ4n) is 4.17. The molecular formula is C26H31N5O. The number of anilines is 1. The van der Waals surface area contributed by atoms with Crippen LogP contribution in [0.15, 0.2) is 59.7 Å². The molecule has 166 valence electrons. The molecule has 0 aliphatic rings.